The Bertz CT molecular complexity index is 513. The van der Waals surface area contributed by atoms with E-state index in [-0.39, 0.29) is 5.02 Å². The van der Waals surface area contributed by atoms with Crippen LogP contribution in [-0.4, -0.2) is 0 Å². The molecule has 0 saturated heterocycles. The molecule has 0 aromatic heterocycles. The topological polar surface area (TPSA) is 12.0 Å². The lowest BCUT2D eigenvalue weighted by Crippen LogP contribution is -1.99. The molecule has 2 rings (SSSR count). The van der Waals surface area contributed by atoms with Gasteiger partial charge in [0.05, 0.1) is 5.02 Å². The van der Waals surface area contributed by atoms with Crippen molar-refractivity contribution in [1.29, 1.82) is 0 Å². The molecule has 0 aliphatic heterocycles. The molecule has 88 valence electrons. The number of nitrogens with one attached hydrogen (secondary N) is 1. The third-order valence-corrected chi connectivity index (χ3v) is 3.36. The van der Waals surface area contributed by atoms with Crippen molar-refractivity contribution < 1.29 is 4.39 Å². The standard InChI is InChI=1S/C13H10ClFIN/c14-12-6-5-11(7-13(12)15)17-8-9-1-3-10(16)4-2-9/h1-7,17H,8H2. The summed E-state index contributed by atoms with van der Waals surface area (Å²) in [6, 6.07) is 12.9. The number of benzene rings is 2. The highest BCUT2D eigenvalue weighted by Gasteiger charge is 2.00. The average Bonchev–Trinajstić information content (AvgIpc) is 2.33. The number of anilines is 1. The summed E-state index contributed by atoms with van der Waals surface area (Å²) in [7, 11) is 0. The van der Waals surface area contributed by atoms with E-state index in [1.54, 1.807) is 12.1 Å². The molecule has 17 heavy (non-hydrogen) atoms. The van der Waals surface area contributed by atoms with Gasteiger partial charge in [0.2, 0.25) is 0 Å². The molecule has 2 aromatic carbocycles. The van der Waals surface area contributed by atoms with Gasteiger partial charge in [-0.05, 0) is 58.5 Å². The second-order valence-electron chi connectivity index (χ2n) is 3.61. The fraction of sp³-hybridized carbons (Fsp3) is 0.0769. The van der Waals surface area contributed by atoms with Crippen LogP contribution in [0.5, 0.6) is 0 Å². The maximum absolute atomic E-state index is 13.2. The molecule has 0 amide bonds. The minimum Gasteiger partial charge on any atom is -0.381 e. The van der Waals surface area contributed by atoms with E-state index in [1.165, 1.54) is 9.64 Å². The molecule has 0 aliphatic rings. The van der Waals surface area contributed by atoms with E-state index in [4.69, 9.17) is 11.6 Å². The van der Waals surface area contributed by atoms with Gasteiger partial charge >= 0.3 is 0 Å². The van der Waals surface area contributed by atoms with Crippen LogP contribution in [0.1, 0.15) is 5.56 Å². The first kappa shape index (κ1) is 12.6. The molecular formula is C13H10ClFIN. The minimum absolute atomic E-state index is 0.143. The summed E-state index contributed by atoms with van der Waals surface area (Å²) in [6.45, 7) is 0.665. The zero-order valence-corrected chi connectivity index (χ0v) is 11.8. The predicted octanol–water partition coefficient (Wildman–Crippen LogP) is 4.70. The van der Waals surface area contributed by atoms with Gasteiger partial charge in [0, 0.05) is 15.8 Å². The molecule has 0 radical (unpaired) electrons. The van der Waals surface area contributed by atoms with Crippen LogP contribution in [0.25, 0.3) is 0 Å². The fourth-order valence-corrected chi connectivity index (χ4v) is 1.89. The molecule has 0 saturated carbocycles. The summed E-state index contributed by atoms with van der Waals surface area (Å²) in [5, 5.41) is 3.29. The van der Waals surface area contributed by atoms with Crippen LogP contribution < -0.4 is 5.32 Å². The van der Waals surface area contributed by atoms with Gasteiger partial charge in [0.25, 0.3) is 0 Å². The van der Waals surface area contributed by atoms with Crippen molar-refractivity contribution in [3.63, 3.8) is 0 Å². The summed E-state index contributed by atoms with van der Waals surface area (Å²) in [5.74, 6) is -0.403. The van der Waals surface area contributed by atoms with Crippen molar-refractivity contribution in [2.45, 2.75) is 6.54 Å². The lowest BCUT2D eigenvalue weighted by molar-refractivity contribution is 0.628. The molecule has 0 spiro atoms. The Morgan fingerprint density at radius 3 is 2.47 bits per heavy atom. The molecule has 0 heterocycles. The van der Waals surface area contributed by atoms with Crippen LogP contribution >= 0.6 is 34.2 Å². The van der Waals surface area contributed by atoms with Crippen LogP contribution in [0.3, 0.4) is 0 Å². The Morgan fingerprint density at radius 1 is 1.12 bits per heavy atom. The zero-order chi connectivity index (χ0) is 12.3. The molecule has 1 N–H and O–H groups in total. The van der Waals surface area contributed by atoms with Crippen LogP contribution in [0, 0.1) is 9.39 Å². The molecule has 4 heteroatoms. The van der Waals surface area contributed by atoms with Gasteiger partial charge in [-0.3, -0.25) is 0 Å². The Balaban J connectivity index is 2.02. The molecule has 1 nitrogen and oxygen atoms in total. The summed E-state index contributed by atoms with van der Waals surface area (Å²) in [5.41, 5.74) is 1.88. The number of hydrogen-bond donors (Lipinski definition) is 1. The Morgan fingerprint density at radius 2 is 1.82 bits per heavy atom. The highest BCUT2D eigenvalue weighted by molar-refractivity contribution is 14.1. The predicted molar refractivity (Wildman–Crippen MR) is 77.9 cm³/mol. The van der Waals surface area contributed by atoms with Gasteiger partial charge in [-0.2, -0.15) is 0 Å². The normalized spacial score (nSPS) is 10.3. The second-order valence-corrected chi connectivity index (χ2v) is 5.26. The largest absolute Gasteiger partial charge is 0.381 e. The highest BCUT2D eigenvalue weighted by atomic mass is 127. The molecule has 0 fully saturated rings. The SMILES string of the molecule is Fc1cc(NCc2ccc(I)cc2)ccc1Cl. The summed E-state index contributed by atoms with van der Waals surface area (Å²) < 4.78 is 14.4. The molecule has 0 bridgehead atoms. The van der Waals surface area contributed by atoms with Crippen molar-refractivity contribution >= 4 is 39.9 Å². The van der Waals surface area contributed by atoms with Crippen LogP contribution in [-0.2, 0) is 6.54 Å². The quantitative estimate of drug-likeness (QED) is 0.782. The van der Waals surface area contributed by atoms with Crippen molar-refractivity contribution in [3.8, 4) is 0 Å². The molecular weight excluding hydrogens is 352 g/mol. The average molecular weight is 362 g/mol. The first-order chi connectivity index (χ1) is 8.15. The van der Waals surface area contributed by atoms with E-state index in [0.717, 1.165) is 11.3 Å². The zero-order valence-electron chi connectivity index (χ0n) is 8.88. The Labute approximate surface area is 118 Å². The smallest absolute Gasteiger partial charge is 0.143 e. The van der Waals surface area contributed by atoms with Crippen molar-refractivity contribution in [2.75, 3.05) is 5.32 Å². The summed E-state index contributed by atoms with van der Waals surface area (Å²) >= 11 is 7.87. The van der Waals surface area contributed by atoms with Gasteiger partial charge in [-0.25, -0.2) is 4.39 Å². The van der Waals surface area contributed by atoms with Gasteiger partial charge < -0.3 is 5.32 Å². The fourth-order valence-electron chi connectivity index (χ4n) is 1.41. The summed E-state index contributed by atoms with van der Waals surface area (Å²) in [6.07, 6.45) is 0. The van der Waals surface area contributed by atoms with Gasteiger partial charge in [0.1, 0.15) is 5.82 Å². The van der Waals surface area contributed by atoms with E-state index in [2.05, 4.69) is 27.9 Å². The van der Waals surface area contributed by atoms with E-state index >= 15 is 0 Å². The number of halogens is 3. The minimum atomic E-state index is -0.403. The first-order valence-corrected chi connectivity index (χ1v) is 6.54. The van der Waals surface area contributed by atoms with E-state index < -0.39 is 5.82 Å². The Kier molecular flexibility index (Phi) is 4.23. The van der Waals surface area contributed by atoms with E-state index in [9.17, 15) is 4.39 Å². The maximum Gasteiger partial charge on any atom is 0.143 e. The first-order valence-electron chi connectivity index (χ1n) is 5.08. The molecule has 0 atom stereocenters. The lowest BCUT2D eigenvalue weighted by atomic mass is 10.2. The van der Waals surface area contributed by atoms with E-state index in [0.29, 0.717) is 6.54 Å². The van der Waals surface area contributed by atoms with E-state index in [1.807, 2.05) is 24.3 Å². The maximum atomic E-state index is 13.2. The molecule has 2 aromatic rings. The third-order valence-electron chi connectivity index (χ3n) is 2.33. The van der Waals surface area contributed by atoms with Crippen molar-refractivity contribution in [2.24, 2.45) is 0 Å². The number of hydrogen-bond acceptors (Lipinski definition) is 1. The van der Waals surface area contributed by atoms with Crippen LogP contribution in [0.15, 0.2) is 42.5 Å². The highest BCUT2D eigenvalue weighted by Crippen LogP contribution is 2.19. The number of rotatable bonds is 3. The van der Waals surface area contributed by atoms with Crippen LogP contribution in [0.2, 0.25) is 5.02 Å². The van der Waals surface area contributed by atoms with Crippen molar-refractivity contribution in [1.82, 2.24) is 0 Å². The van der Waals surface area contributed by atoms with Gasteiger partial charge in [0.15, 0.2) is 0 Å². The van der Waals surface area contributed by atoms with Crippen LogP contribution in [0.4, 0.5) is 10.1 Å². The molecule has 0 aliphatic carbocycles. The van der Waals surface area contributed by atoms with Gasteiger partial charge in [-0.15, -0.1) is 0 Å². The monoisotopic (exact) mass is 361 g/mol. The molecule has 0 unspecified atom stereocenters. The third kappa shape index (κ3) is 3.57. The van der Waals surface area contributed by atoms with Gasteiger partial charge in [-0.1, -0.05) is 23.7 Å². The Hall–Kier alpha value is -0.810. The lowest BCUT2D eigenvalue weighted by Gasteiger charge is -2.07. The van der Waals surface area contributed by atoms with Crippen molar-refractivity contribution in [3.05, 3.63) is 62.4 Å². The summed E-state index contributed by atoms with van der Waals surface area (Å²) in [4.78, 5) is 0. The second kappa shape index (κ2) is 5.69.